The highest BCUT2D eigenvalue weighted by Crippen LogP contribution is 2.29. The van der Waals surface area contributed by atoms with Crippen LogP contribution in [0, 0.1) is 5.92 Å². The number of aliphatic carboxylic acids is 1. The van der Waals surface area contributed by atoms with Crippen LogP contribution in [0.3, 0.4) is 0 Å². The van der Waals surface area contributed by atoms with Crippen molar-refractivity contribution in [2.24, 2.45) is 5.92 Å². The van der Waals surface area contributed by atoms with E-state index < -0.39 is 17.4 Å². The number of aromatic hydroxyl groups is 1. The van der Waals surface area contributed by atoms with Crippen LogP contribution in [0.2, 0.25) is 0 Å². The second-order valence-electron chi connectivity index (χ2n) is 5.80. The normalized spacial score (nSPS) is 13.8. The van der Waals surface area contributed by atoms with Crippen LogP contribution in [0.15, 0.2) is 36.4 Å². The van der Waals surface area contributed by atoms with Gasteiger partial charge in [0.05, 0.1) is 5.56 Å². The number of carbonyl (C=O) groups excluding carboxylic acids is 1. The monoisotopic (exact) mass is 301 g/mol. The number of fused-ring (bicyclic) bond motifs is 1. The first-order valence-corrected chi connectivity index (χ1v) is 7.04. The Kier molecular flexibility index (Phi) is 4.08. The summed E-state index contributed by atoms with van der Waals surface area (Å²) in [6, 6.07) is 10.3. The van der Waals surface area contributed by atoms with Crippen molar-refractivity contribution in [3.05, 3.63) is 42.0 Å². The standard InChI is InChI=1S/C17H19NO4/c1-10(2)17(3,16(21)22)18-15(20)13-9-8-11-6-4-5-7-12(11)14(13)19/h4-10,19H,1-3H3,(H,18,20)(H,21,22). The van der Waals surface area contributed by atoms with Crippen LogP contribution in [0.4, 0.5) is 0 Å². The van der Waals surface area contributed by atoms with Crippen molar-refractivity contribution in [2.75, 3.05) is 0 Å². The van der Waals surface area contributed by atoms with Crippen LogP contribution in [0.1, 0.15) is 31.1 Å². The minimum absolute atomic E-state index is 0.0619. The average molecular weight is 301 g/mol. The molecule has 1 unspecified atom stereocenters. The summed E-state index contributed by atoms with van der Waals surface area (Å²) in [7, 11) is 0. The van der Waals surface area contributed by atoms with E-state index in [2.05, 4.69) is 5.32 Å². The lowest BCUT2D eigenvalue weighted by Crippen LogP contribution is -2.55. The van der Waals surface area contributed by atoms with Crippen molar-refractivity contribution in [2.45, 2.75) is 26.3 Å². The van der Waals surface area contributed by atoms with Crippen molar-refractivity contribution in [3.8, 4) is 5.75 Å². The van der Waals surface area contributed by atoms with Crippen LogP contribution < -0.4 is 5.32 Å². The smallest absolute Gasteiger partial charge is 0.329 e. The molecule has 0 heterocycles. The second kappa shape index (κ2) is 5.67. The fourth-order valence-electron chi connectivity index (χ4n) is 2.19. The molecule has 22 heavy (non-hydrogen) atoms. The van der Waals surface area contributed by atoms with Gasteiger partial charge in [0, 0.05) is 5.39 Å². The highest BCUT2D eigenvalue weighted by Gasteiger charge is 2.38. The molecule has 2 aromatic carbocycles. The molecule has 0 aliphatic carbocycles. The van der Waals surface area contributed by atoms with E-state index in [1.807, 2.05) is 12.1 Å². The lowest BCUT2D eigenvalue weighted by atomic mass is 9.88. The van der Waals surface area contributed by atoms with Crippen molar-refractivity contribution in [1.29, 1.82) is 0 Å². The number of phenolic OH excluding ortho intramolecular Hbond substituents is 1. The molecular formula is C17H19NO4. The second-order valence-corrected chi connectivity index (χ2v) is 5.80. The highest BCUT2D eigenvalue weighted by molar-refractivity contribution is 6.05. The van der Waals surface area contributed by atoms with Crippen molar-refractivity contribution in [3.63, 3.8) is 0 Å². The fourth-order valence-corrected chi connectivity index (χ4v) is 2.19. The Morgan fingerprint density at radius 3 is 2.36 bits per heavy atom. The Morgan fingerprint density at radius 1 is 1.14 bits per heavy atom. The number of rotatable bonds is 4. The van der Waals surface area contributed by atoms with Gasteiger partial charge in [-0.05, 0) is 24.3 Å². The highest BCUT2D eigenvalue weighted by atomic mass is 16.4. The third kappa shape index (κ3) is 2.62. The van der Waals surface area contributed by atoms with E-state index in [4.69, 9.17) is 0 Å². The van der Waals surface area contributed by atoms with Gasteiger partial charge in [-0.2, -0.15) is 0 Å². The number of carboxylic acids is 1. The maximum atomic E-state index is 12.4. The molecule has 1 amide bonds. The number of carbonyl (C=O) groups is 2. The number of hydrogen-bond donors (Lipinski definition) is 3. The number of carboxylic acid groups (broad SMARTS) is 1. The number of nitrogens with one attached hydrogen (secondary N) is 1. The first kappa shape index (κ1) is 15.8. The number of amides is 1. The van der Waals surface area contributed by atoms with E-state index in [1.54, 1.807) is 32.0 Å². The first-order chi connectivity index (χ1) is 10.3. The lowest BCUT2D eigenvalue weighted by Gasteiger charge is -2.30. The molecule has 0 aromatic heterocycles. The zero-order valence-electron chi connectivity index (χ0n) is 12.8. The summed E-state index contributed by atoms with van der Waals surface area (Å²) in [5.41, 5.74) is -1.35. The molecule has 2 rings (SSSR count). The van der Waals surface area contributed by atoms with Gasteiger partial charge in [-0.1, -0.05) is 44.2 Å². The zero-order chi connectivity index (χ0) is 16.5. The molecule has 0 aliphatic rings. The molecule has 2 aromatic rings. The Bertz CT molecular complexity index is 739. The summed E-state index contributed by atoms with van der Waals surface area (Å²) < 4.78 is 0. The number of hydrogen-bond acceptors (Lipinski definition) is 3. The van der Waals surface area contributed by atoms with E-state index in [0.29, 0.717) is 5.39 Å². The zero-order valence-corrected chi connectivity index (χ0v) is 12.8. The van der Waals surface area contributed by atoms with Crippen molar-refractivity contribution >= 4 is 22.6 Å². The van der Waals surface area contributed by atoms with Crippen LogP contribution >= 0.6 is 0 Å². The third-order valence-corrected chi connectivity index (χ3v) is 4.12. The summed E-state index contributed by atoms with van der Waals surface area (Å²) >= 11 is 0. The Labute approximate surface area is 128 Å². The Hall–Kier alpha value is -2.56. The summed E-state index contributed by atoms with van der Waals surface area (Å²) in [6.45, 7) is 4.89. The molecule has 0 radical (unpaired) electrons. The van der Waals surface area contributed by atoms with Gasteiger partial charge < -0.3 is 15.5 Å². The minimum Gasteiger partial charge on any atom is -0.506 e. The molecular weight excluding hydrogens is 282 g/mol. The van der Waals surface area contributed by atoms with Gasteiger partial charge in [-0.25, -0.2) is 4.79 Å². The topological polar surface area (TPSA) is 86.6 Å². The first-order valence-electron chi connectivity index (χ1n) is 7.04. The van der Waals surface area contributed by atoms with Crippen LogP contribution in [-0.2, 0) is 4.79 Å². The van der Waals surface area contributed by atoms with E-state index >= 15 is 0 Å². The van der Waals surface area contributed by atoms with Crippen LogP contribution in [0.5, 0.6) is 5.75 Å². The summed E-state index contributed by atoms with van der Waals surface area (Å²) in [5, 5.41) is 23.5. The largest absolute Gasteiger partial charge is 0.506 e. The number of phenols is 1. The van der Waals surface area contributed by atoms with Crippen molar-refractivity contribution < 1.29 is 19.8 Å². The molecule has 0 aliphatic heterocycles. The molecule has 0 spiro atoms. The van der Waals surface area contributed by atoms with Crippen molar-refractivity contribution in [1.82, 2.24) is 5.32 Å². The maximum absolute atomic E-state index is 12.4. The van der Waals surface area contributed by atoms with Gasteiger partial charge in [-0.15, -0.1) is 0 Å². The van der Waals surface area contributed by atoms with E-state index in [-0.39, 0.29) is 17.2 Å². The SMILES string of the molecule is CC(C)C(C)(NC(=O)c1ccc2ccccc2c1O)C(=O)O. The predicted molar refractivity (Wildman–Crippen MR) is 84.0 cm³/mol. The predicted octanol–water partition coefficient (Wildman–Crippen LogP) is 2.77. The minimum atomic E-state index is -1.41. The molecule has 0 bridgehead atoms. The fraction of sp³-hybridized carbons (Fsp3) is 0.294. The summed E-state index contributed by atoms with van der Waals surface area (Å²) in [4.78, 5) is 23.8. The lowest BCUT2D eigenvalue weighted by molar-refractivity contribution is -0.145. The Balaban J connectivity index is 2.42. The van der Waals surface area contributed by atoms with Gasteiger partial charge in [0.2, 0.25) is 0 Å². The Morgan fingerprint density at radius 2 is 1.77 bits per heavy atom. The average Bonchev–Trinajstić information content (AvgIpc) is 2.47. The molecule has 1 atom stereocenters. The van der Waals surface area contributed by atoms with Crippen LogP contribution in [-0.4, -0.2) is 27.6 Å². The molecule has 0 saturated carbocycles. The van der Waals surface area contributed by atoms with Gasteiger partial charge >= 0.3 is 5.97 Å². The maximum Gasteiger partial charge on any atom is 0.329 e. The third-order valence-electron chi connectivity index (χ3n) is 4.12. The van der Waals surface area contributed by atoms with E-state index in [1.165, 1.54) is 13.0 Å². The molecule has 3 N–H and O–H groups in total. The van der Waals surface area contributed by atoms with E-state index in [0.717, 1.165) is 5.39 Å². The summed E-state index contributed by atoms with van der Waals surface area (Å²) in [5.74, 6) is -2.18. The van der Waals surface area contributed by atoms with Gasteiger partial charge in [0.15, 0.2) is 0 Å². The van der Waals surface area contributed by atoms with Gasteiger partial charge in [0.1, 0.15) is 11.3 Å². The van der Waals surface area contributed by atoms with Crippen LogP contribution in [0.25, 0.3) is 10.8 Å². The van der Waals surface area contributed by atoms with Gasteiger partial charge in [0.25, 0.3) is 5.91 Å². The molecule has 5 heteroatoms. The molecule has 5 nitrogen and oxygen atoms in total. The quantitative estimate of drug-likeness (QED) is 0.810. The van der Waals surface area contributed by atoms with Gasteiger partial charge in [-0.3, -0.25) is 4.79 Å². The molecule has 0 saturated heterocycles. The summed E-state index contributed by atoms with van der Waals surface area (Å²) in [6.07, 6.45) is 0. The molecule has 116 valence electrons. The molecule has 0 fully saturated rings. The number of benzene rings is 2. The van der Waals surface area contributed by atoms with E-state index in [9.17, 15) is 19.8 Å².